The van der Waals surface area contributed by atoms with Crippen LogP contribution in [0.2, 0.25) is 0 Å². The monoisotopic (exact) mass is 341 g/mol. The van der Waals surface area contributed by atoms with E-state index in [9.17, 15) is 9.59 Å². The van der Waals surface area contributed by atoms with Gasteiger partial charge in [-0.05, 0) is 17.2 Å². The van der Waals surface area contributed by atoms with Gasteiger partial charge in [-0.25, -0.2) is 0 Å². The van der Waals surface area contributed by atoms with Gasteiger partial charge in [-0.15, -0.1) is 0 Å². The summed E-state index contributed by atoms with van der Waals surface area (Å²) in [5.41, 5.74) is 2.17. The highest BCUT2D eigenvalue weighted by molar-refractivity contribution is 5.78. The molecule has 5 nitrogen and oxygen atoms in total. The van der Waals surface area contributed by atoms with Crippen molar-refractivity contribution >= 4 is 11.9 Å². The third kappa shape index (κ3) is 5.64. The summed E-state index contributed by atoms with van der Waals surface area (Å²) in [7, 11) is 1.58. The molecule has 0 saturated carbocycles. The Morgan fingerprint density at radius 2 is 1.72 bits per heavy atom. The maximum absolute atomic E-state index is 12.2. The third-order valence-corrected chi connectivity index (χ3v) is 3.96. The number of carboxylic acid groups (broad SMARTS) is 1. The van der Waals surface area contributed by atoms with Gasteiger partial charge in [-0.1, -0.05) is 55.5 Å². The summed E-state index contributed by atoms with van der Waals surface area (Å²) in [4.78, 5) is 24.4. The van der Waals surface area contributed by atoms with Gasteiger partial charge in [0.1, 0.15) is 5.75 Å². The van der Waals surface area contributed by atoms with Crippen LogP contribution in [0.15, 0.2) is 54.6 Å². The highest BCUT2D eigenvalue weighted by Crippen LogP contribution is 2.21. The molecular weight excluding hydrogens is 318 g/mol. The smallest absolute Gasteiger partial charge is 0.308 e. The number of amides is 1. The second kappa shape index (κ2) is 8.87. The zero-order valence-electron chi connectivity index (χ0n) is 14.5. The highest BCUT2D eigenvalue weighted by atomic mass is 16.5. The number of carbonyl (C=O) groups is 2. The molecule has 0 spiro atoms. The van der Waals surface area contributed by atoms with E-state index in [2.05, 4.69) is 0 Å². The van der Waals surface area contributed by atoms with Crippen molar-refractivity contribution in [3.8, 4) is 5.75 Å². The van der Waals surface area contributed by atoms with Crippen LogP contribution in [0, 0.1) is 5.92 Å². The van der Waals surface area contributed by atoms with Crippen LogP contribution in [0.1, 0.15) is 18.1 Å². The molecule has 5 heteroatoms. The van der Waals surface area contributed by atoms with Gasteiger partial charge in [0.05, 0.1) is 5.92 Å². The van der Waals surface area contributed by atoms with E-state index in [1.165, 1.54) is 4.90 Å². The zero-order chi connectivity index (χ0) is 18.2. The molecule has 1 N–H and O–H groups in total. The Labute approximate surface area is 147 Å². The van der Waals surface area contributed by atoms with Crippen molar-refractivity contribution in [2.75, 3.05) is 20.2 Å². The van der Waals surface area contributed by atoms with Gasteiger partial charge in [0.15, 0.2) is 6.61 Å². The first-order valence-electron chi connectivity index (χ1n) is 8.18. The summed E-state index contributed by atoms with van der Waals surface area (Å²) in [5.74, 6) is -1.12. The third-order valence-electron chi connectivity index (χ3n) is 3.96. The van der Waals surface area contributed by atoms with Gasteiger partial charge >= 0.3 is 5.97 Å². The van der Waals surface area contributed by atoms with Crippen LogP contribution in [0.5, 0.6) is 5.75 Å². The fraction of sp³-hybridized carbons (Fsp3) is 0.300. The Kier molecular flexibility index (Phi) is 6.57. The Bertz CT molecular complexity index is 715. The van der Waals surface area contributed by atoms with Crippen molar-refractivity contribution in [3.05, 3.63) is 65.7 Å². The Morgan fingerprint density at radius 3 is 2.40 bits per heavy atom. The molecule has 0 aliphatic carbocycles. The average molecular weight is 341 g/mol. The molecule has 0 aliphatic rings. The second-order valence-electron chi connectivity index (χ2n) is 6.07. The SMILES string of the molecule is CC(CN(C)C(=O)COc1ccccc1Cc1ccccc1)C(=O)O. The summed E-state index contributed by atoms with van der Waals surface area (Å²) in [6, 6.07) is 17.7. The molecule has 2 aromatic carbocycles. The van der Waals surface area contributed by atoms with E-state index in [0.717, 1.165) is 17.5 Å². The summed E-state index contributed by atoms with van der Waals surface area (Å²) in [6.07, 6.45) is 0.719. The minimum atomic E-state index is -0.922. The molecule has 0 radical (unpaired) electrons. The number of hydrogen-bond donors (Lipinski definition) is 1. The fourth-order valence-corrected chi connectivity index (χ4v) is 2.45. The molecule has 2 aromatic rings. The van der Waals surface area contributed by atoms with Gasteiger partial charge in [0, 0.05) is 20.0 Å². The van der Waals surface area contributed by atoms with Crippen molar-refractivity contribution in [1.82, 2.24) is 4.90 Å². The highest BCUT2D eigenvalue weighted by Gasteiger charge is 2.18. The molecule has 0 fully saturated rings. The number of carboxylic acids is 1. The topological polar surface area (TPSA) is 66.8 Å². The van der Waals surface area contributed by atoms with E-state index in [4.69, 9.17) is 9.84 Å². The van der Waals surface area contributed by atoms with Crippen molar-refractivity contribution in [1.29, 1.82) is 0 Å². The molecule has 1 amide bonds. The molecule has 132 valence electrons. The van der Waals surface area contributed by atoms with Gasteiger partial charge in [-0.2, -0.15) is 0 Å². The van der Waals surface area contributed by atoms with Crippen LogP contribution in [-0.4, -0.2) is 42.1 Å². The van der Waals surface area contributed by atoms with Crippen molar-refractivity contribution in [2.45, 2.75) is 13.3 Å². The minimum absolute atomic E-state index is 0.116. The number of ether oxygens (including phenoxy) is 1. The van der Waals surface area contributed by atoms with E-state index in [1.807, 2.05) is 54.6 Å². The first-order valence-corrected chi connectivity index (χ1v) is 8.18. The minimum Gasteiger partial charge on any atom is -0.483 e. The van der Waals surface area contributed by atoms with Gasteiger partial charge in [-0.3, -0.25) is 9.59 Å². The standard InChI is InChI=1S/C20H23NO4/c1-15(20(23)24)13-21(2)19(22)14-25-18-11-7-6-10-17(18)12-16-8-4-3-5-9-16/h3-11,15H,12-14H2,1-2H3,(H,23,24). The first-order chi connectivity index (χ1) is 12.0. The normalized spacial score (nSPS) is 11.6. The molecule has 1 atom stereocenters. The number of likely N-dealkylation sites (N-methyl/N-ethyl adjacent to an activating group) is 1. The Hall–Kier alpha value is -2.82. The maximum Gasteiger partial charge on any atom is 0.308 e. The second-order valence-corrected chi connectivity index (χ2v) is 6.07. The number of rotatable bonds is 8. The number of para-hydroxylation sites is 1. The number of aliphatic carboxylic acids is 1. The van der Waals surface area contributed by atoms with E-state index < -0.39 is 11.9 Å². The van der Waals surface area contributed by atoms with Crippen LogP contribution in [0.25, 0.3) is 0 Å². The lowest BCUT2D eigenvalue weighted by Gasteiger charge is -2.20. The lowest BCUT2D eigenvalue weighted by molar-refractivity contribution is -0.143. The lowest BCUT2D eigenvalue weighted by atomic mass is 10.0. The summed E-state index contributed by atoms with van der Waals surface area (Å²) < 4.78 is 5.70. The Balaban J connectivity index is 1.96. The van der Waals surface area contributed by atoms with Crippen LogP contribution < -0.4 is 4.74 Å². The van der Waals surface area contributed by atoms with E-state index in [1.54, 1.807) is 14.0 Å². The zero-order valence-corrected chi connectivity index (χ0v) is 14.5. The Morgan fingerprint density at radius 1 is 1.08 bits per heavy atom. The van der Waals surface area contributed by atoms with Gasteiger partial charge in [0.2, 0.25) is 0 Å². The number of nitrogens with zero attached hydrogens (tertiary/aromatic N) is 1. The molecule has 0 aliphatic heterocycles. The number of benzene rings is 2. The van der Waals surface area contributed by atoms with Crippen molar-refractivity contribution in [2.24, 2.45) is 5.92 Å². The first kappa shape index (κ1) is 18.5. The molecule has 2 rings (SSSR count). The molecule has 0 bridgehead atoms. The molecule has 0 heterocycles. The van der Waals surface area contributed by atoms with Crippen LogP contribution in [-0.2, 0) is 16.0 Å². The maximum atomic E-state index is 12.2. The fourth-order valence-electron chi connectivity index (χ4n) is 2.45. The van der Waals surface area contributed by atoms with Crippen LogP contribution >= 0.6 is 0 Å². The average Bonchev–Trinajstić information content (AvgIpc) is 2.61. The summed E-state index contributed by atoms with van der Waals surface area (Å²) in [6.45, 7) is 1.61. The number of carbonyl (C=O) groups excluding carboxylic acids is 1. The lowest BCUT2D eigenvalue weighted by Crippen LogP contribution is -2.36. The summed E-state index contributed by atoms with van der Waals surface area (Å²) in [5, 5.41) is 8.93. The largest absolute Gasteiger partial charge is 0.483 e. The van der Waals surface area contributed by atoms with E-state index >= 15 is 0 Å². The van der Waals surface area contributed by atoms with Crippen LogP contribution in [0.4, 0.5) is 0 Å². The van der Waals surface area contributed by atoms with Crippen LogP contribution in [0.3, 0.4) is 0 Å². The molecule has 0 saturated heterocycles. The molecule has 1 unspecified atom stereocenters. The number of hydrogen-bond acceptors (Lipinski definition) is 3. The quantitative estimate of drug-likeness (QED) is 0.802. The van der Waals surface area contributed by atoms with Crippen molar-refractivity contribution < 1.29 is 19.4 Å². The predicted octanol–water partition coefficient (Wildman–Crippen LogP) is 2.84. The molecule has 0 aromatic heterocycles. The molecule has 25 heavy (non-hydrogen) atoms. The van der Waals surface area contributed by atoms with E-state index in [0.29, 0.717) is 5.75 Å². The van der Waals surface area contributed by atoms with Crippen molar-refractivity contribution in [3.63, 3.8) is 0 Å². The van der Waals surface area contributed by atoms with E-state index in [-0.39, 0.29) is 19.1 Å². The predicted molar refractivity (Wildman–Crippen MR) is 95.6 cm³/mol. The molecular formula is C20H23NO4. The van der Waals surface area contributed by atoms with Gasteiger partial charge < -0.3 is 14.7 Å². The summed E-state index contributed by atoms with van der Waals surface area (Å²) >= 11 is 0. The van der Waals surface area contributed by atoms with Gasteiger partial charge in [0.25, 0.3) is 5.91 Å².